The van der Waals surface area contributed by atoms with Gasteiger partial charge in [-0.3, -0.25) is 0 Å². The summed E-state index contributed by atoms with van der Waals surface area (Å²) in [6, 6.07) is 18.3. The van der Waals surface area contributed by atoms with Crippen LogP contribution in [0.2, 0.25) is 0 Å². The lowest BCUT2D eigenvalue weighted by atomic mass is 10.1. The Morgan fingerprint density at radius 1 is 1.00 bits per heavy atom. The predicted molar refractivity (Wildman–Crippen MR) is 83.0 cm³/mol. The highest BCUT2D eigenvalue weighted by Crippen LogP contribution is 2.20. The molecule has 3 rings (SSSR count). The van der Waals surface area contributed by atoms with Gasteiger partial charge in [-0.05, 0) is 41.5 Å². The molecular weight excluding hydrogens is 265 g/mol. The number of halogens is 1. The first-order chi connectivity index (χ1) is 10.2. The first-order valence-corrected chi connectivity index (χ1v) is 6.73. The van der Waals surface area contributed by atoms with Crippen LogP contribution < -0.4 is 10.9 Å². The molecule has 106 valence electrons. The summed E-state index contributed by atoms with van der Waals surface area (Å²) in [6.07, 6.45) is 1.94. The third kappa shape index (κ3) is 3.12. The quantitative estimate of drug-likeness (QED) is 0.565. The summed E-state index contributed by atoms with van der Waals surface area (Å²) in [5, 5.41) is 1.59. The Morgan fingerprint density at radius 3 is 2.43 bits per heavy atom. The monoisotopic (exact) mass is 281 g/mol. The van der Waals surface area contributed by atoms with Crippen molar-refractivity contribution in [2.24, 2.45) is 5.84 Å². The second kappa shape index (κ2) is 5.81. The van der Waals surface area contributed by atoms with Crippen LogP contribution in [0.5, 0.6) is 0 Å². The summed E-state index contributed by atoms with van der Waals surface area (Å²) < 4.78 is 12.9. The zero-order chi connectivity index (χ0) is 14.7. The van der Waals surface area contributed by atoms with Crippen molar-refractivity contribution in [3.63, 3.8) is 0 Å². The highest BCUT2D eigenvalue weighted by atomic mass is 19.1. The molecule has 0 bridgehead atoms. The van der Waals surface area contributed by atoms with Crippen molar-refractivity contribution in [2.75, 3.05) is 5.01 Å². The van der Waals surface area contributed by atoms with E-state index >= 15 is 0 Å². The highest BCUT2D eigenvalue weighted by Gasteiger charge is 2.06. The Morgan fingerprint density at radius 2 is 1.71 bits per heavy atom. The summed E-state index contributed by atoms with van der Waals surface area (Å²) in [7, 11) is 0. The van der Waals surface area contributed by atoms with Crippen molar-refractivity contribution >= 4 is 5.69 Å². The molecule has 0 unspecified atom stereocenters. The minimum atomic E-state index is -0.264. The number of nitrogens with two attached hydrogens (primary N) is 1. The van der Waals surface area contributed by atoms with Gasteiger partial charge in [-0.25, -0.2) is 10.2 Å². The normalized spacial score (nSPS) is 10.6. The molecule has 0 spiro atoms. The van der Waals surface area contributed by atoms with Gasteiger partial charge in [0, 0.05) is 11.9 Å². The number of nitrogens with zero attached hydrogens (tertiary/aromatic N) is 1. The SMILES string of the molecule is NN(Cc1c[nH]c(-c2ccccc2)c1)c1ccc(F)cc1. The molecule has 0 saturated carbocycles. The van der Waals surface area contributed by atoms with Crippen LogP contribution in [0.25, 0.3) is 11.3 Å². The summed E-state index contributed by atoms with van der Waals surface area (Å²) in [4.78, 5) is 3.25. The molecule has 0 aliphatic carbocycles. The molecule has 1 heterocycles. The number of aromatic nitrogens is 1. The topological polar surface area (TPSA) is 45.0 Å². The lowest BCUT2D eigenvalue weighted by Crippen LogP contribution is -2.29. The fraction of sp³-hybridized carbons (Fsp3) is 0.0588. The summed E-state index contributed by atoms with van der Waals surface area (Å²) >= 11 is 0. The van der Waals surface area contributed by atoms with Gasteiger partial charge >= 0.3 is 0 Å². The van der Waals surface area contributed by atoms with Crippen LogP contribution in [0.1, 0.15) is 5.56 Å². The van der Waals surface area contributed by atoms with E-state index in [1.807, 2.05) is 24.4 Å². The van der Waals surface area contributed by atoms with E-state index in [0.717, 1.165) is 22.5 Å². The Hall–Kier alpha value is -2.59. The minimum absolute atomic E-state index is 0.264. The van der Waals surface area contributed by atoms with Crippen molar-refractivity contribution < 1.29 is 4.39 Å². The van der Waals surface area contributed by atoms with E-state index in [1.54, 1.807) is 17.1 Å². The average Bonchev–Trinajstić information content (AvgIpc) is 2.97. The number of aromatic amines is 1. The third-order valence-electron chi connectivity index (χ3n) is 3.34. The molecule has 1 aromatic heterocycles. The van der Waals surface area contributed by atoms with Crippen LogP contribution in [0.4, 0.5) is 10.1 Å². The molecule has 3 nitrogen and oxygen atoms in total. The molecular formula is C17H16FN3. The molecule has 0 amide bonds. The number of benzene rings is 2. The maximum Gasteiger partial charge on any atom is 0.123 e. The van der Waals surface area contributed by atoms with E-state index in [2.05, 4.69) is 23.2 Å². The molecule has 0 fully saturated rings. The lowest BCUT2D eigenvalue weighted by molar-refractivity contribution is 0.627. The Kier molecular flexibility index (Phi) is 3.71. The van der Waals surface area contributed by atoms with Crippen molar-refractivity contribution in [1.29, 1.82) is 0 Å². The predicted octanol–water partition coefficient (Wildman–Crippen LogP) is 3.70. The van der Waals surface area contributed by atoms with Crippen molar-refractivity contribution in [3.8, 4) is 11.3 Å². The number of nitrogens with one attached hydrogen (secondary N) is 1. The van der Waals surface area contributed by atoms with E-state index in [0.29, 0.717) is 6.54 Å². The number of H-pyrrole nitrogens is 1. The highest BCUT2D eigenvalue weighted by molar-refractivity contribution is 5.60. The first kappa shape index (κ1) is 13.4. The van der Waals surface area contributed by atoms with Gasteiger partial charge in [0.2, 0.25) is 0 Å². The van der Waals surface area contributed by atoms with Gasteiger partial charge in [0.25, 0.3) is 0 Å². The van der Waals surface area contributed by atoms with Crippen molar-refractivity contribution in [3.05, 3.63) is 78.2 Å². The van der Waals surface area contributed by atoms with Crippen molar-refractivity contribution in [1.82, 2.24) is 4.98 Å². The van der Waals surface area contributed by atoms with Crippen LogP contribution in [0.3, 0.4) is 0 Å². The average molecular weight is 281 g/mol. The Bertz CT molecular complexity index is 704. The summed E-state index contributed by atoms with van der Waals surface area (Å²) in [5.74, 6) is 5.76. The number of hydrogen-bond acceptors (Lipinski definition) is 2. The summed E-state index contributed by atoms with van der Waals surface area (Å²) in [5.41, 5.74) is 4.03. The largest absolute Gasteiger partial charge is 0.361 e. The Balaban J connectivity index is 1.74. The summed E-state index contributed by atoms with van der Waals surface area (Å²) in [6.45, 7) is 0.551. The van der Waals surface area contributed by atoms with Gasteiger partial charge in [0.1, 0.15) is 5.82 Å². The molecule has 0 radical (unpaired) electrons. The van der Waals surface area contributed by atoms with E-state index in [-0.39, 0.29) is 5.82 Å². The van der Waals surface area contributed by atoms with Crippen molar-refractivity contribution in [2.45, 2.75) is 6.54 Å². The van der Waals surface area contributed by atoms with E-state index in [9.17, 15) is 4.39 Å². The number of anilines is 1. The molecule has 0 aliphatic rings. The van der Waals surface area contributed by atoms with Crippen LogP contribution in [-0.4, -0.2) is 4.98 Å². The maximum atomic E-state index is 12.9. The van der Waals surface area contributed by atoms with E-state index < -0.39 is 0 Å². The zero-order valence-corrected chi connectivity index (χ0v) is 11.5. The van der Waals surface area contributed by atoms with Gasteiger partial charge < -0.3 is 9.99 Å². The van der Waals surface area contributed by atoms with Gasteiger partial charge in [-0.2, -0.15) is 0 Å². The van der Waals surface area contributed by atoms with E-state index in [4.69, 9.17) is 5.84 Å². The smallest absolute Gasteiger partial charge is 0.123 e. The zero-order valence-electron chi connectivity index (χ0n) is 11.5. The van der Waals surface area contributed by atoms with Crippen LogP contribution >= 0.6 is 0 Å². The molecule has 3 aromatic rings. The number of hydrogen-bond donors (Lipinski definition) is 2. The molecule has 0 saturated heterocycles. The maximum absolute atomic E-state index is 12.9. The first-order valence-electron chi connectivity index (χ1n) is 6.73. The second-order valence-corrected chi connectivity index (χ2v) is 4.89. The molecule has 0 aliphatic heterocycles. The van der Waals surface area contributed by atoms with Crippen LogP contribution in [0, 0.1) is 5.82 Å². The molecule has 2 aromatic carbocycles. The molecule has 3 N–H and O–H groups in total. The number of rotatable bonds is 4. The van der Waals surface area contributed by atoms with Crippen LogP contribution in [0.15, 0.2) is 66.9 Å². The second-order valence-electron chi connectivity index (χ2n) is 4.89. The molecule has 21 heavy (non-hydrogen) atoms. The van der Waals surface area contributed by atoms with Gasteiger partial charge in [0.15, 0.2) is 0 Å². The minimum Gasteiger partial charge on any atom is -0.361 e. The third-order valence-corrected chi connectivity index (χ3v) is 3.34. The molecule has 0 atom stereocenters. The van der Waals surface area contributed by atoms with Gasteiger partial charge in [0.05, 0.1) is 12.2 Å². The van der Waals surface area contributed by atoms with Gasteiger partial charge in [-0.15, -0.1) is 0 Å². The lowest BCUT2D eigenvalue weighted by Gasteiger charge is -2.17. The molecule has 4 heteroatoms. The standard InChI is InChI=1S/C17H16FN3/c18-15-6-8-16(9-7-15)21(19)12-13-10-17(20-11-13)14-4-2-1-3-5-14/h1-11,20H,12,19H2. The number of hydrazine groups is 1. The van der Waals surface area contributed by atoms with Gasteiger partial charge in [-0.1, -0.05) is 30.3 Å². The Labute approximate surface area is 122 Å². The van der Waals surface area contributed by atoms with E-state index in [1.165, 1.54) is 12.1 Å². The van der Waals surface area contributed by atoms with Crippen LogP contribution in [-0.2, 0) is 6.54 Å². The fourth-order valence-corrected chi connectivity index (χ4v) is 2.24. The fourth-order valence-electron chi connectivity index (χ4n) is 2.24.